The van der Waals surface area contributed by atoms with Crippen LogP contribution < -0.4 is 15.9 Å². The molecule has 0 N–H and O–H groups in total. The van der Waals surface area contributed by atoms with Crippen molar-refractivity contribution in [1.29, 1.82) is 0 Å². The second kappa shape index (κ2) is 21.5. The summed E-state index contributed by atoms with van der Waals surface area (Å²) in [6, 6.07) is 61.7. The van der Waals surface area contributed by atoms with Crippen LogP contribution in [0.1, 0.15) is 35.1 Å². The number of allylic oxidation sites excluding steroid dienone is 4. The Morgan fingerprint density at radius 3 is 1.69 bits per heavy atom. The van der Waals surface area contributed by atoms with Crippen LogP contribution in [0.2, 0.25) is 0 Å². The first-order chi connectivity index (χ1) is 28.2. The molecule has 0 spiro atoms. The van der Waals surface area contributed by atoms with E-state index in [1.165, 1.54) is 56.9 Å². The van der Waals surface area contributed by atoms with Crippen LogP contribution in [-0.2, 0) is 51.2 Å². The van der Waals surface area contributed by atoms with E-state index in [9.17, 15) is 0 Å². The zero-order chi connectivity index (χ0) is 38.8. The SMILES string of the molecule is C1=CC([PH+](C[PH+](c2ccccc2)c2ccccc2)c2ccccc2)=CCC1.[Au+].[Au+].[C-]#Cc1cccc2c1Cc1ccccc1-2.[C-]#Cc1cccc2c1oc1ccccc12. The Bertz CT molecular complexity index is 2740. The molecule has 0 saturated heterocycles. The summed E-state index contributed by atoms with van der Waals surface area (Å²) in [6.07, 6.45) is 25.0. The second-order valence-electron chi connectivity index (χ2n) is 14.1. The summed E-state index contributed by atoms with van der Waals surface area (Å²) >= 11 is 0. The Hall–Kier alpha value is -4.72. The maximum absolute atomic E-state index is 7.27. The maximum atomic E-state index is 7.27. The first kappa shape index (κ1) is 43.8. The van der Waals surface area contributed by atoms with Crippen molar-refractivity contribution in [1.82, 2.24) is 0 Å². The molecule has 8 aromatic rings. The average molecular weight is 1160 g/mol. The summed E-state index contributed by atoms with van der Waals surface area (Å²) in [6.45, 7) is 0. The Balaban J connectivity index is 0.000000156. The molecule has 0 bridgehead atoms. The van der Waals surface area contributed by atoms with Crippen molar-refractivity contribution in [2.75, 3.05) is 5.90 Å². The number of fused-ring (bicyclic) bond motifs is 6. The Kier molecular flexibility index (Phi) is 16.0. The predicted octanol–water partition coefficient (Wildman–Crippen LogP) is 12.3. The number of benzene rings is 7. The molecule has 0 fully saturated rings. The van der Waals surface area contributed by atoms with Gasteiger partial charge in [0, 0.05) is 10.8 Å². The molecule has 294 valence electrons. The molecule has 59 heavy (non-hydrogen) atoms. The number of hydrogen-bond acceptors (Lipinski definition) is 1. The summed E-state index contributed by atoms with van der Waals surface area (Å²) in [4.78, 5) is 0. The first-order valence-electron chi connectivity index (χ1n) is 19.4. The average Bonchev–Trinajstić information content (AvgIpc) is 3.87. The summed E-state index contributed by atoms with van der Waals surface area (Å²) in [5, 5.41) is 8.30. The van der Waals surface area contributed by atoms with Crippen LogP contribution >= 0.6 is 15.8 Å². The van der Waals surface area contributed by atoms with Gasteiger partial charge in [-0.15, -0.1) is 23.3 Å². The Labute approximate surface area is 382 Å². The van der Waals surface area contributed by atoms with Crippen LogP contribution in [0.3, 0.4) is 0 Å². The first-order valence-corrected chi connectivity index (χ1v) is 22.8. The molecule has 1 atom stereocenters. The summed E-state index contributed by atoms with van der Waals surface area (Å²) in [5.41, 5.74) is 8.40. The molecule has 2 aliphatic carbocycles. The van der Waals surface area contributed by atoms with Gasteiger partial charge in [0.05, 0.1) is 10.9 Å². The fourth-order valence-electron chi connectivity index (χ4n) is 7.79. The van der Waals surface area contributed by atoms with E-state index in [0.717, 1.165) is 33.9 Å². The molecule has 0 amide bonds. The van der Waals surface area contributed by atoms with Crippen LogP contribution in [0.15, 0.2) is 204 Å². The molecular formula is C54H42Au2OP2+2. The van der Waals surface area contributed by atoms with Crippen molar-refractivity contribution in [3.8, 4) is 23.0 Å². The molecule has 0 saturated carbocycles. The van der Waals surface area contributed by atoms with Crippen LogP contribution in [0, 0.1) is 24.7 Å². The standard InChI is InChI=1S/C25H24P2.C15H9.C14H7O.2Au/c1-5-13-22(14-6-1)26(23-15-7-2-8-16-23)21-27(24-17-9-3-10-18-24)25-19-11-4-12-20-25;1-2-11-7-5-9-14-13-8-4-3-6-12(13)10-15(11)14;1-2-10-6-5-8-12-11-7-3-4-9-13(11)15-14(10)12;;/h1-3,5-11,13-20H,4,12,21H2;3-9H,10H2;3-9H;;/q;2*-1;2*+1/p+2. The van der Waals surface area contributed by atoms with Crippen molar-refractivity contribution in [3.05, 3.63) is 235 Å². The van der Waals surface area contributed by atoms with Gasteiger partial charge in [-0.2, -0.15) is 0 Å². The van der Waals surface area contributed by atoms with Gasteiger partial charge in [0.2, 0.25) is 0 Å². The molecule has 5 heteroatoms. The molecule has 0 aliphatic heterocycles. The molecule has 1 heterocycles. The van der Waals surface area contributed by atoms with E-state index in [0.29, 0.717) is 5.56 Å². The summed E-state index contributed by atoms with van der Waals surface area (Å²) in [7, 11) is -1.62. The third-order valence-electron chi connectivity index (χ3n) is 10.6. The minimum Gasteiger partial charge on any atom is -0.474 e. The van der Waals surface area contributed by atoms with Crippen molar-refractivity contribution in [2.45, 2.75) is 19.3 Å². The Morgan fingerprint density at radius 1 is 0.508 bits per heavy atom. The molecule has 1 nitrogen and oxygen atoms in total. The van der Waals surface area contributed by atoms with E-state index in [-0.39, 0.29) is 44.8 Å². The van der Waals surface area contributed by atoms with Gasteiger partial charge in [-0.25, -0.2) is 0 Å². The van der Waals surface area contributed by atoms with E-state index < -0.39 is 15.8 Å². The third-order valence-corrected chi connectivity index (χ3v) is 17.6. The van der Waals surface area contributed by atoms with Crippen molar-refractivity contribution < 1.29 is 49.2 Å². The van der Waals surface area contributed by atoms with E-state index in [1.54, 1.807) is 5.31 Å². The third kappa shape index (κ3) is 10.2. The largest absolute Gasteiger partial charge is 1.00 e. The van der Waals surface area contributed by atoms with Gasteiger partial charge in [0.25, 0.3) is 0 Å². The van der Waals surface area contributed by atoms with Gasteiger partial charge in [-0.1, -0.05) is 133 Å². The smallest absolute Gasteiger partial charge is 0.474 e. The van der Waals surface area contributed by atoms with Crippen LogP contribution in [0.25, 0.3) is 33.1 Å². The van der Waals surface area contributed by atoms with Gasteiger partial charge < -0.3 is 17.3 Å². The van der Waals surface area contributed by atoms with Crippen molar-refractivity contribution in [2.24, 2.45) is 0 Å². The number of furan rings is 1. The van der Waals surface area contributed by atoms with Crippen LogP contribution in [0.4, 0.5) is 0 Å². The van der Waals surface area contributed by atoms with Gasteiger partial charge in [-0.05, 0) is 90.6 Å². The monoisotopic (exact) mass is 1160 g/mol. The maximum Gasteiger partial charge on any atom is 1.00 e. The van der Waals surface area contributed by atoms with Gasteiger partial charge in [0.15, 0.2) is 5.90 Å². The number of para-hydroxylation sites is 2. The fourth-order valence-corrected chi connectivity index (χ4v) is 15.6. The Morgan fingerprint density at radius 2 is 1.05 bits per heavy atom. The van der Waals surface area contributed by atoms with Crippen molar-refractivity contribution in [3.63, 3.8) is 0 Å². The van der Waals surface area contributed by atoms with Gasteiger partial charge in [0.1, 0.15) is 37.3 Å². The zero-order valence-electron chi connectivity index (χ0n) is 32.3. The van der Waals surface area contributed by atoms with Crippen LogP contribution in [0.5, 0.6) is 0 Å². The fraction of sp³-hybridized carbons (Fsp3) is 0.0741. The zero-order valence-corrected chi connectivity index (χ0v) is 38.6. The number of rotatable bonds is 6. The second-order valence-corrected chi connectivity index (χ2v) is 19.7. The molecule has 0 radical (unpaired) electrons. The van der Waals surface area contributed by atoms with E-state index >= 15 is 0 Å². The normalized spacial score (nSPS) is 12.4. The summed E-state index contributed by atoms with van der Waals surface area (Å²) < 4.78 is 5.69. The molecule has 7 aromatic carbocycles. The minimum atomic E-state index is -0.823. The summed E-state index contributed by atoms with van der Waals surface area (Å²) in [5.74, 6) is 6.18. The molecule has 2 aliphatic rings. The molecule has 1 aromatic heterocycles. The molecule has 10 rings (SSSR count). The van der Waals surface area contributed by atoms with E-state index in [1.807, 2.05) is 54.6 Å². The van der Waals surface area contributed by atoms with Gasteiger partial charge in [-0.3, -0.25) is 11.8 Å². The van der Waals surface area contributed by atoms with E-state index in [2.05, 4.69) is 151 Å². The van der Waals surface area contributed by atoms with E-state index in [4.69, 9.17) is 17.3 Å². The topological polar surface area (TPSA) is 13.1 Å². The van der Waals surface area contributed by atoms with Crippen LogP contribution in [-0.4, -0.2) is 5.90 Å². The minimum absolute atomic E-state index is 0. The van der Waals surface area contributed by atoms with Crippen molar-refractivity contribution >= 4 is 53.7 Å². The molecular weight excluding hydrogens is 1120 g/mol. The quantitative estimate of drug-likeness (QED) is 0.0700. The predicted molar refractivity (Wildman–Crippen MR) is 247 cm³/mol. The molecule has 1 unspecified atom stereocenters. The number of hydrogen-bond donors (Lipinski definition) is 0. The van der Waals surface area contributed by atoms with Gasteiger partial charge >= 0.3 is 44.8 Å².